The molecule has 126 valence electrons. The maximum Gasteiger partial charge on any atom is 0.254 e. The zero-order valence-electron chi connectivity index (χ0n) is 13.2. The molecule has 0 radical (unpaired) electrons. The fourth-order valence-corrected chi connectivity index (χ4v) is 2.72. The predicted molar refractivity (Wildman–Crippen MR) is 100 cm³/mol. The van der Waals surface area contributed by atoms with Crippen molar-refractivity contribution in [1.82, 2.24) is 4.90 Å². The van der Waals surface area contributed by atoms with Crippen LogP contribution in [0.2, 0.25) is 10.0 Å². The van der Waals surface area contributed by atoms with Gasteiger partial charge in [-0.1, -0.05) is 23.2 Å². The van der Waals surface area contributed by atoms with E-state index in [1.165, 1.54) is 4.90 Å². The number of thioether (sulfide) groups is 1. The van der Waals surface area contributed by atoms with Gasteiger partial charge in [0.2, 0.25) is 5.91 Å². The number of halogens is 2. The largest absolute Gasteiger partial charge is 0.332 e. The Morgan fingerprint density at radius 1 is 1.08 bits per heavy atom. The zero-order valence-corrected chi connectivity index (χ0v) is 15.5. The highest BCUT2D eigenvalue weighted by Crippen LogP contribution is 2.25. The lowest BCUT2D eigenvalue weighted by atomic mass is 10.2. The first-order valence-electron chi connectivity index (χ1n) is 7.05. The van der Waals surface area contributed by atoms with Crippen molar-refractivity contribution in [3.63, 3.8) is 0 Å². The average molecular weight is 383 g/mol. The first-order chi connectivity index (χ1) is 11.4. The molecule has 0 aliphatic rings. The average Bonchev–Trinajstić information content (AvgIpc) is 2.57. The van der Waals surface area contributed by atoms with Crippen LogP contribution in [0.15, 0.2) is 47.4 Å². The van der Waals surface area contributed by atoms with E-state index in [1.807, 2.05) is 18.4 Å². The zero-order chi connectivity index (χ0) is 17.7. The molecular weight excluding hydrogens is 367 g/mol. The molecule has 2 amide bonds. The third-order valence-corrected chi connectivity index (χ3v) is 4.75. The molecule has 7 heteroatoms. The van der Waals surface area contributed by atoms with Crippen LogP contribution in [0.25, 0.3) is 0 Å². The van der Waals surface area contributed by atoms with E-state index in [0.717, 1.165) is 4.90 Å². The minimum Gasteiger partial charge on any atom is -0.332 e. The maximum absolute atomic E-state index is 12.3. The second kappa shape index (κ2) is 8.42. The van der Waals surface area contributed by atoms with Gasteiger partial charge in [-0.15, -0.1) is 11.8 Å². The molecule has 1 N–H and O–H groups in total. The van der Waals surface area contributed by atoms with E-state index in [-0.39, 0.29) is 18.4 Å². The van der Waals surface area contributed by atoms with Gasteiger partial charge in [0.05, 0.1) is 16.6 Å². The van der Waals surface area contributed by atoms with Crippen LogP contribution in [0.5, 0.6) is 0 Å². The quantitative estimate of drug-likeness (QED) is 0.778. The summed E-state index contributed by atoms with van der Waals surface area (Å²) in [6.45, 7) is -0.0661. The number of likely N-dealkylation sites (N-methyl/N-ethyl adjacent to an activating group) is 1. The standard InChI is InChI=1S/C17H16Cl2N2O2S/c1-21(17(23)11-3-6-13(24-2)7-4-11)10-16(22)20-12-5-8-14(18)15(19)9-12/h3-9H,10H2,1-2H3,(H,20,22). The van der Waals surface area contributed by atoms with Crippen LogP contribution in [0.1, 0.15) is 10.4 Å². The Balaban J connectivity index is 1.96. The molecule has 0 aromatic heterocycles. The van der Waals surface area contributed by atoms with E-state index in [4.69, 9.17) is 23.2 Å². The lowest BCUT2D eigenvalue weighted by molar-refractivity contribution is -0.116. The fourth-order valence-electron chi connectivity index (χ4n) is 2.02. The predicted octanol–water partition coefficient (Wildman–Crippen LogP) is 4.43. The molecule has 0 saturated heterocycles. The molecule has 0 atom stereocenters. The molecule has 0 saturated carbocycles. The summed E-state index contributed by atoms with van der Waals surface area (Å²) >= 11 is 13.3. The van der Waals surface area contributed by atoms with Gasteiger partial charge in [0.15, 0.2) is 0 Å². The summed E-state index contributed by atoms with van der Waals surface area (Å²) in [6.07, 6.45) is 1.97. The molecule has 0 fully saturated rings. The Kier molecular flexibility index (Phi) is 6.54. The van der Waals surface area contributed by atoms with Crippen LogP contribution in [0, 0.1) is 0 Å². The lowest BCUT2D eigenvalue weighted by Crippen LogP contribution is -2.34. The van der Waals surface area contributed by atoms with Crippen molar-refractivity contribution in [2.45, 2.75) is 4.90 Å². The molecule has 0 aliphatic carbocycles. The van der Waals surface area contributed by atoms with Gasteiger partial charge in [0, 0.05) is 23.2 Å². The number of nitrogens with one attached hydrogen (secondary N) is 1. The summed E-state index contributed by atoms with van der Waals surface area (Å²) in [4.78, 5) is 26.8. The monoisotopic (exact) mass is 382 g/mol. The molecule has 4 nitrogen and oxygen atoms in total. The first-order valence-corrected chi connectivity index (χ1v) is 9.03. The summed E-state index contributed by atoms with van der Waals surface area (Å²) in [6, 6.07) is 12.1. The van der Waals surface area contributed by atoms with Crippen LogP contribution in [-0.4, -0.2) is 36.6 Å². The minimum atomic E-state index is -0.315. The number of hydrogen-bond donors (Lipinski definition) is 1. The SMILES string of the molecule is CSc1ccc(C(=O)N(C)CC(=O)Nc2ccc(Cl)c(Cl)c2)cc1. The normalized spacial score (nSPS) is 10.3. The number of nitrogens with zero attached hydrogens (tertiary/aromatic N) is 1. The number of anilines is 1. The lowest BCUT2D eigenvalue weighted by Gasteiger charge is -2.17. The van der Waals surface area contributed by atoms with Gasteiger partial charge in [0.1, 0.15) is 0 Å². The Morgan fingerprint density at radius 3 is 2.33 bits per heavy atom. The minimum absolute atomic E-state index is 0.0661. The Morgan fingerprint density at radius 2 is 1.75 bits per heavy atom. The van der Waals surface area contributed by atoms with E-state index < -0.39 is 0 Å². The molecule has 2 aromatic carbocycles. The van der Waals surface area contributed by atoms with E-state index >= 15 is 0 Å². The number of benzene rings is 2. The Bertz CT molecular complexity index is 751. The van der Waals surface area contributed by atoms with Crippen LogP contribution in [0.4, 0.5) is 5.69 Å². The molecule has 0 heterocycles. The summed E-state index contributed by atoms with van der Waals surface area (Å²) in [5.41, 5.74) is 1.07. The van der Waals surface area contributed by atoms with Crippen molar-refractivity contribution in [1.29, 1.82) is 0 Å². The van der Waals surface area contributed by atoms with Crippen LogP contribution in [0.3, 0.4) is 0 Å². The summed E-state index contributed by atoms with van der Waals surface area (Å²) in [7, 11) is 1.58. The van der Waals surface area contributed by atoms with Crippen molar-refractivity contribution in [3.8, 4) is 0 Å². The summed E-state index contributed by atoms with van der Waals surface area (Å²) in [5, 5.41) is 3.45. The van der Waals surface area contributed by atoms with Crippen LogP contribution >= 0.6 is 35.0 Å². The summed E-state index contributed by atoms with van der Waals surface area (Å²) < 4.78 is 0. The van der Waals surface area contributed by atoms with Gasteiger partial charge in [-0.25, -0.2) is 0 Å². The molecular formula is C17H16Cl2N2O2S. The first kappa shape index (κ1) is 18.6. The Hall–Kier alpha value is -1.69. The van der Waals surface area contributed by atoms with Crippen molar-refractivity contribution < 1.29 is 9.59 Å². The molecule has 0 unspecified atom stereocenters. The molecule has 2 aromatic rings. The number of amides is 2. The smallest absolute Gasteiger partial charge is 0.254 e. The van der Waals surface area contributed by atoms with E-state index in [9.17, 15) is 9.59 Å². The molecule has 0 bridgehead atoms. The van der Waals surface area contributed by atoms with Gasteiger partial charge >= 0.3 is 0 Å². The van der Waals surface area contributed by atoms with Gasteiger partial charge in [-0.2, -0.15) is 0 Å². The van der Waals surface area contributed by atoms with Gasteiger partial charge in [-0.05, 0) is 48.7 Å². The molecule has 0 spiro atoms. The van der Waals surface area contributed by atoms with E-state index in [0.29, 0.717) is 21.3 Å². The third kappa shape index (κ3) is 4.90. The van der Waals surface area contributed by atoms with E-state index in [1.54, 1.807) is 49.1 Å². The van der Waals surface area contributed by atoms with Crippen molar-refractivity contribution >= 4 is 52.5 Å². The van der Waals surface area contributed by atoms with Gasteiger partial charge in [0.25, 0.3) is 5.91 Å². The van der Waals surface area contributed by atoms with Crippen molar-refractivity contribution in [3.05, 3.63) is 58.1 Å². The van der Waals surface area contributed by atoms with Crippen molar-refractivity contribution in [2.75, 3.05) is 25.2 Å². The summed E-state index contributed by atoms with van der Waals surface area (Å²) in [5.74, 6) is -0.531. The second-order valence-corrected chi connectivity index (χ2v) is 6.76. The molecule has 24 heavy (non-hydrogen) atoms. The number of hydrogen-bond acceptors (Lipinski definition) is 3. The van der Waals surface area contributed by atoms with Crippen molar-refractivity contribution in [2.24, 2.45) is 0 Å². The maximum atomic E-state index is 12.3. The number of carbonyl (C=O) groups is 2. The molecule has 0 aliphatic heterocycles. The van der Waals surface area contributed by atoms with E-state index in [2.05, 4.69) is 5.32 Å². The highest BCUT2D eigenvalue weighted by atomic mass is 35.5. The highest BCUT2D eigenvalue weighted by molar-refractivity contribution is 7.98. The Labute approximate surface area is 155 Å². The third-order valence-electron chi connectivity index (χ3n) is 3.27. The fraction of sp³-hybridized carbons (Fsp3) is 0.176. The van der Waals surface area contributed by atoms with Crippen LogP contribution < -0.4 is 5.32 Å². The topological polar surface area (TPSA) is 49.4 Å². The highest BCUT2D eigenvalue weighted by Gasteiger charge is 2.15. The van der Waals surface area contributed by atoms with Gasteiger partial charge < -0.3 is 10.2 Å². The molecule has 2 rings (SSSR count). The number of carbonyl (C=O) groups excluding carboxylic acids is 2. The van der Waals surface area contributed by atoms with Gasteiger partial charge in [-0.3, -0.25) is 9.59 Å². The van der Waals surface area contributed by atoms with Crippen LogP contribution in [-0.2, 0) is 4.79 Å². The number of rotatable bonds is 5. The second-order valence-electron chi connectivity index (χ2n) is 5.07.